The molecule has 0 aliphatic heterocycles. The molecule has 0 aliphatic rings. The number of sulfonamides is 1. The van der Waals surface area contributed by atoms with E-state index in [1.165, 1.54) is 0 Å². The highest BCUT2D eigenvalue weighted by Gasteiger charge is 2.13. The molecule has 3 nitrogen and oxygen atoms in total. The van der Waals surface area contributed by atoms with Crippen molar-refractivity contribution in [3.8, 4) is 0 Å². The smallest absolute Gasteiger partial charge is 0.212 e. The molecule has 0 amide bonds. The summed E-state index contributed by atoms with van der Waals surface area (Å²) in [5.74, 6) is 0. The number of rotatable bonds is 4. The molecule has 0 saturated heterocycles. The highest BCUT2D eigenvalue weighted by Crippen LogP contribution is 1.96. The third-order valence-electron chi connectivity index (χ3n) is 1.20. The Labute approximate surface area is 68.5 Å². The average molecular weight is 177 g/mol. The van der Waals surface area contributed by atoms with Crippen LogP contribution in [0.3, 0.4) is 0 Å². The summed E-state index contributed by atoms with van der Waals surface area (Å²) >= 11 is 0. The van der Waals surface area contributed by atoms with E-state index < -0.39 is 10.0 Å². The molecule has 66 valence electrons. The second kappa shape index (κ2) is 3.88. The summed E-state index contributed by atoms with van der Waals surface area (Å²) in [7, 11) is -3.10. The van der Waals surface area contributed by atoms with Crippen LogP contribution in [0.5, 0.6) is 0 Å². The number of hydrogen-bond acceptors (Lipinski definition) is 2. The van der Waals surface area contributed by atoms with Gasteiger partial charge in [0.05, 0.1) is 5.25 Å². The lowest BCUT2D eigenvalue weighted by atomic mass is 10.4. The zero-order valence-corrected chi connectivity index (χ0v) is 8.03. The molecule has 0 heterocycles. The van der Waals surface area contributed by atoms with E-state index in [4.69, 9.17) is 0 Å². The second-order valence-electron chi connectivity index (χ2n) is 2.87. The molecule has 11 heavy (non-hydrogen) atoms. The summed E-state index contributed by atoms with van der Waals surface area (Å²) in [5.41, 5.74) is 0.814. The second-order valence-corrected chi connectivity index (χ2v) is 5.19. The third-order valence-corrected chi connectivity index (χ3v) is 2.98. The Bertz CT molecular complexity index is 229. The summed E-state index contributed by atoms with van der Waals surface area (Å²) < 4.78 is 24.6. The van der Waals surface area contributed by atoms with Crippen LogP contribution < -0.4 is 4.72 Å². The van der Waals surface area contributed by atoms with Gasteiger partial charge in [0.15, 0.2) is 0 Å². The van der Waals surface area contributed by atoms with Gasteiger partial charge in [-0.15, -0.1) is 0 Å². The van der Waals surface area contributed by atoms with Gasteiger partial charge in [-0.2, -0.15) is 0 Å². The Balaban J connectivity index is 4.05. The zero-order valence-electron chi connectivity index (χ0n) is 7.22. The Morgan fingerprint density at radius 2 is 2.00 bits per heavy atom. The lowest BCUT2D eigenvalue weighted by molar-refractivity contribution is 0.575. The van der Waals surface area contributed by atoms with Gasteiger partial charge in [0.25, 0.3) is 0 Å². The van der Waals surface area contributed by atoms with Crippen molar-refractivity contribution in [2.45, 2.75) is 26.0 Å². The summed E-state index contributed by atoms with van der Waals surface area (Å²) in [4.78, 5) is 0. The zero-order chi connectivity index (χ0) is 9.07. The minimum atomic E-state index is -3.10. The molecular weight excluding hydrogens is 162 g/mol. The van der Waals surface area contributed by atoms with Gasteiger partial charge in [0.1, 0.15) is 0 Å². The summed E-state index contributed by atoms with van der Waals surface area (Å²) in [6.45, 7) is 8.98. The Kier molecular flexibility index (Phi) is 3.75. The molecule has 0 bridgehead atoms. The first kappa shape index (κ1) is 10.7. The Morgan fingerprint density at radius 1 is 1.55 bits per heavy atom. The standard InChI is InChI=1S/C7H15NO2S/c1-6(2)5-8-11(9,10)7(3)4/h7-8H,1,5H2,2-4H3. The molecule has 0 saturated carbocycles. The quantitative estimate of drug-likeness (QED) is 0.648. The first-order valence-electron chi connectivity index (χ1n) is 3.49. The third kappa shape index (κ3) is 4.16. The van der Waals surface area contributed by atoms with E-state index in [0.29, 0.717) is 6.54 Å². The fraction of sp³-hybridized carbons (Fsp3) is 0.714. The van der Waals surface area contributed by atoms with E-state index in [1.807, 2.05) is 0 Å². The van der Waals surface area contributed by atoms with Gasteiger partial charge in [0, 0.05) is 6.54 Å². The maximum absolute atomic E-state index is 11.1. The molecule has 0 aromatic rings. The van der Waals surface area contributed by atoms with E-state index >= 15 is 0 Å². The van der Waals surface area contributed by atoms with Gasteiger partial charge < -0.3 is 0 Å². The molecule has 0 atom stereocenters. The van der Waals surface area contributed by atoms with Crippen LogP contribution in [0.2, 0.25) is 0 Å². The van der Waals surface area contributed by atoms with E-state index in [-0.39, 0.29) is 5.25 Å². The van der Waals surface area contributed by atoms with Crippen molar-refractivity contribution in [3.63, 3.8) is 0 Å². The normalized spacial score (nSPS) is 12.0. The molecule has 0 aromatic heterocycles. The van der Waals surface area contributed by atoms with Crippen molar-refractivity contribution in [2.75, 3.05) is 6.54 Å². The van der Waals surface area contributed by atoms with Gasteiger partial charge in [-0.25, -0.2) is 13.1 Å². The first-order chi connectivity index (χ1) is 4.86. The van der Waals surface area contributed by atoms with Crippen molar-refractivity contribution in [3.05, 3.63) is 12.2 Å². The van der Waals surface area contributed by atoms with Crippen LogP contribution in [-0.4, -0.2) is 20.2 Å². The summed E-state index contributed by atoms with van der Waals surface area (Å²) in [6.07, 6.45) is 0. The minimum Gasteiger partial charge on any atom is -0.212 e. The molecule has 0 unspecified atom stereocenters. The molecular formula is C7H15NO2S. The Hall–Kier alpha value is -0.350. The van der Waals surface area contributed by atoms with E-state index in [0.717, 1.165) is 5.57 Å². The van der Waals surface area contributed by atoms with Crippen LogP contribution in [0.25, 0.3) is 0 Å². The summed E-state index contributed by atoms with van der Waals surface area (Å²) in [6, 6.07) is 0. The van der Waals surface area contributed by atoms with Crippen LogP contribution in [0.4, 0.5) is 0 Å². The predicted octanol–water partition coefficient (Wildman–Crippen LogP) is 0.890. The average Bonchev–Trinajstić information content (AvgIpc) is 1.84. The lowest BCUT2D eigenvalue weighted by Gasteiger charge is -2.08. The largest absolute Gasteiger partial charge is 0.214 e. The van der Waals surface area contributed by atoms with Crippen LogP contribution in [-0.2, 0) is 10.0 Å². The van der Waals surface area contributed by atoms with E-state index in [2.05, 4.69) is 11.3 Å². The SMILES string of the molecule is C=C(C)CNS(=O)(=O)C(C)C. The van der Waals surface area contributed by atoms with Gasteiger partial charge in [-0.1, -0.05) is 12.2 Å². The van der Waals surface area contributed by atoms with Crippen molar-refractivity contribution in [1.82, 2.24) is 4.72 Å². The van der Waals surface area contributed by atoms with Crippen LogP contribution in [0.15, 0.2) is 12.2 Å². The lowest BCUT2D eigenvalue weighted by Crippen LogP contribution is -2.31. The Morgan fingerprint density at radius 3 is 2.27 bits per heavy atom. The van der Waals surface area contributed by atoms with E-state index in [9.17, 15) is 8.42 Å². The van der Waals surface area contributed by atoms with E-state index in [1.54, 1.807) is 20.8 Å². The highest BCUT2D eigenvalue weighted by molar-refractivity contribution is 7.90. The van der Waals surface area contributed by atoms with Gasteiger partial charge in [0.2, 0.25) is 10.0 Å². The maximum Gasteiger partial charge on any atom is 0.214 e. The van der Waals surface area contributed by atoms with Crippen molar-refractivity contribution in [2.24, 2.45) is 0 Å². The predicted molar refractivity (Wildman–Crippen MR) is 46.9 cm³/mol. The van der Waals surface area contributed by atoms with Crippen molar-refractivity contribution >= 4 is 10.0 Å². The molecule has 0 rings (SSSR count). The number of nitrogens with one attached hydrogen (secondary N) is 1. The highest BCUT2D eigenvalue weighted by atomic mass is 32.2. The van der Waals surface area contributed by atoms with Crippen LogP contribution >= 0.6 is 0 Å². The molecule has 1 N–H and O–H groups in total. The molecule has 0 aliphatic carbocycles. The fourth-order valence-electron chi connectivity index (χ4n) is 0.390. The van der Waals surface area contributed by atoms with Gasteiger partial charge in [-0.3, -0.25) is 0 Å². The van der Waals surface area contributed by atoms with Crippen LogP contribution in [0.1, 0.15) is 20.8 Å². The molecule has 0 spiro atoms. The van der Waals surface area contributed by atoms with Gasteiger partial charge in [-0.05, 0) is 20.8 Å². The fourth-order valence-corrected chi connectivity index (χ4v) is 1.17. The molecule has 0 radical (unpaired) electrons. The van der Waals surface area contributed by atoms with Crippen molar-refractivity contribution in [1.29, 1.82) is 0 Å². The maximum atomic E-state index is 11.1. The van der Waals surface area contributed by atoms with Crippen molar-refractivity contribution < 1.29 is 8.42 Å². The monoisotopic (exact) mass is 177 g/mol. The molecule has 4 heteroatoms. The van der Waals surface area contributed by atoms with Crippen LogP contribution in [0, 0.1) is 0 Å². The molecule has 0 fully saturated rings. The summed E-state index contributed by atoms with van der Waals surface area (Å²) in [5, 5.41) is -0.373. The number of hydrogen-bond donors (Lipinski definition) is 1. The minimum absolute atomic E-state index is 0.334. The first-order valence-corrected chi connectivity index (χ1v) is 5.03. The topological polar surface area (TPSA) is 46.2 Å². The molecule has 0 aromatic carbocycles. The van der Waals surface area contributed by atoms with Gasteiger partial charge >= 0.3 is 0 Å².